The van der Waals surface area contributed by atoms with Crippen molar-refractivity contribution >= 4 is 29.9 Å². The second-order valence-electron chi connectivity index (χ2n) is 1.98. The van der Waals surface area contributed by atoms with E-state index in [4.69, 9.17) is 0 Å². The van der Waals surface area contributed by atoms with Crippen LogP contribution >= 0.6 is 24.2 Å². The van der Waals surface area contributed by atoms with Gasteiger partial charge in [-0.05, 0) is 24.5 Å². The molecule has 1 rings (SSSR count). The Labute approximate surface area is 78.0 Å². The van der Waals surface area contributed by atoms with Gasteiger partial charge in [0.1, 0.15) is 0 Å². The molecule has 1 N–H and O–H groups in total. The fraction of sp³-hybridized carbons (Fsp3) is 0.250. The molecule has 62 valence electrons. The quantitative estimate of drug-likeness (QED) is 0.719. The van der Waals surface area contributed by atoms with Crippen molar-refractivity contribution in [3.8, 4) is 0 Å². The fourth-order valence-electron chi connectivity index (χ4n) is 0.779. The van der Waals surface area contributed by atoms with E-state index >= 15 is 0 Å². The molecule has 1 nitrogen and oxygen atoms in total. The van der Waals surface area contributed by atoms with Crippen LogP contribution < -0.4 is 5.32 Å². The molecule has 11 heavy (non-hydrogen) atoms. The summed E-state index contributed by atoms with van der Waals surface area (Å²) in [6.45, 7) is 0. The molecule has 0 aliphatic rings. The van der Waals surface area contributed by atoms with E-state index in [2.05, 4.69) is 35.8 Å². The van der Waals surface area contributed by atoms with Gasteiger partial charge in [-0.1, -0.05) is 6.07 Å². The van der Waals surface area contributed by atoms with E-state index in [1.165, 1.54) is 10.6 Å². The molecule has 1 aromatic carbocycles. The third-order valence-electron chi connectivity index (χ3n) is 1.36. The van der Waals surface area contributed by atoms with Gasteiger partial charge in [0.2, 0.25) is 0 Å². The zero-order valence-corrected chi connectivity index (χ0v) is 8.26. The standard InChI is InChI=1S/C8H11NS.ClH/c1-9-7-4-3-5-8(6-7)10-2;/h3-6,9H,1-2H3;1H. The molecule has 0 aliphatic heterocycles. The number of anilines is 1. The predicted molar refractivity (Wildman–Crippen MR) is 55.0 cm³/mol. The number of benzene rings is 1. The first-order valence-corrected chi connectivity index (χ1v) is 4.41. The van der Waals surface area contributed by atoms with Crippen molar-refractivity contribution in [2.24, 2.45) is 0 Å². The zero-order chi connectivity index (χ0) is 7.40. The van der Waals surface area contributed by atoms with Crippen molar-refractivity contribution in [1.82, 2.24) is 0 Å². The zero-order valence-electron chi connectivity index (χ0n) is 6.63. The van der Waals surface area contributed by atoms with Gasteiger partial charge in [-0.15, -0.1) is 24.2 Å². The fourth-order valence-corrected chi connectivity index (χ4v) is 1.24. The molecule has 0 aromatic heterocycles. The molecule has 0 saturated carbocycles. The summed E-state index contributed by atoms with van der Waals surface area (Å²) < 4.78 is 0. The number of rotatable bonds is 2. The van der Waals surface area contributed by atoms with Gasteiger partial charge in [0.05, 0.1) is 0 Å². The van der Waals surface area contributed by atoms with Crippen molar-refractivity contribution in [2.75, 3.05) is 18.6 Å². The maximum atomic E-state index is 3.09. The summed E-state index contributed by atoms with van der Waals surface area (Å²) in [5.41, 5.74) is 1.17. The van der Waals surface area contributed by atoms with E-state index in [1.54, 1.807) is 11.8 Å². The normalized spacial score (nSPS) is 8.55. The van der Waals surface area contributed by atoms with Crippen molar-refractivity contribution < 1.29 is 0 Å². The highest BCUT2D eigenvalue weighted by Crippen LogP contribution is 2.17. The molecule has 0 spiro atoms. The second kappa shape index (κ2) is 5.33. The van der Waals surface area contributed by atoms with Crippen LogP contribution in [-0.2, 0) is 0 Å². The van der Waals surface area contributed by atoms with E-state index in [9.17, 15) is 0 Å². The van der Waals surface area contributed by atoms with Crippen molar-refractivity contribution in [1.29, 1.82) is 0 Å². The molecule has 0 unspecified atom stereocenters. The van der Waals surface area contributed by atoms with Crippen LogP contribution in [-0.4, -0.2) is 13.3 Å². The number of thioether (sulfide) groups is 1. The van der Waals surface area contributed by atoms with E-state index in [0.29, 0.717) is 0 Å². The Morgan fingerprint density at radius 3 is 2.64 bits per heavy atom. The lowest BCUT2D eigenvalue weighted by atomic mass is 10.3. The monoisotopic (exact) mass is 189 g/mol. The SMILES string of the molecule is CNc1cccc(SC)c1.Cl. The number of hydrogen-bond acceptors (Lipinski definition) is 2. The Bertz CT molecular complexity index is 196. The third kappa shape index (κ3) is 3.04. The first-order valence-electron chi connectivity index (χ1n) is 3.18. The van der Waals surface area contributed by atoms with Crippen LogP contribution in [0.25, 0.3) is 0 Å². The number of hydrogen-bond donors (Lipinski definition) is 1. The summed E-state index contributed by atoms with van der Waals surface area (Å²) in [4.78, 5) is 1.30. The Morgan fingerprint density at radius 2 is 2.09 bits per heavy atom. The summed E-state index contributed by atoms with van der Waals surface area (Å²) in [6.07, 6.45) is 2.08. The summed E-state index contributed by atoms with van der Waals surface area (Å²) in [7, 11) is 1.93. The summed E-state index contributed by atoms with van der Waals surface area (Å²) in [6, 6.07) is 8.34. The topological polar surface area (TPSA) is 12.0 Å². The minimum atomic E-state index is 0. The Balaban J connectivity index is 0.000001000. The molecular formula is C8H12ClNS. The van der Waals surface area contributed by atoms with Crippen molar-refractivity contribution in [3.05, 3.63) is 24.3 Å². The summed E-state index contributed by atoms with van der Waals surface area (Å²) in [5.74, 6) is 0. The Kier molecular flexibility index (Phi) is 5.16. The molecule has 0 bridgehead atoms. The van der Waals surface area contributed by atoms with Gasteiger partial charge >= 0.3 is 0 Å². The Hall–Kier alpha value is -0.340. The molecule has 3 heteroatoms. The first kappa shape index (κ1) is 10.7. The van der Waals surface area contributed by atoms with Gasteiger partial charge in [-0.25, -0.2) is 0 Å². The van der Waals surface area contributed by atoms with Gasteiger partial charge in [-0.3, -0.25) is 0 Å². The summed E-state index contributed by atoms with van der Waals surface area (Å²) in [5, 5.41) is 3.09. The van der Waals surface area contributed by atoms with Crippen LogP contribution in [0.5, 0.6) is 0 Å². The highest BCUT2D eigenvalue weighted by molar-refractivity contribution is 7.98. The van der Waals surface area contributed by atoms with Crippen LogP contribution in [0.3, 0.4) is 0 Å². The average molecular weight is 190 g/mol. The van der Waals surface area contributed by atoms with Crippen molar-refractivity contribution in [2.45, 2.75) is 4.90 Å². The molecule has 1 aromatic rings. The highest BCUT2D eigenvalue weighted by atomic mass is 35.5. The number of halogens is 1. The molecule has 0 aliphatic carbocycles. The minimum Gasteiger partial charge on any atom is -0.388 e. The largest absolute Gasteiger partial charge is 0.388 e. The summed E-state index contributed by atoms with van der Waals surface area (Å²) >= 11 is 1.76. The maximum Gasteiger partial charge on any atom is 0.0348 e. The predicted octanol–water partition coefficient (Wildman–Crippen LogP) is 2.87. The molecule has 0 fully saturated rings. The van der Waals surface area contributed by atoms with E-state index < -0.39 is 0 Å². The van der Waals surface area contributed by atoms with Gasteiger partial charge in [-0.2, -0.15) is 0 Å². The second-order valence-corrected chi connectivity index (χ2v) is 2.86. The van der Waals surface area contributed by atoms with Crippen LogP contribution in [0.2, 0.25) is 0 Å². The lowest BCUT2D eigenvalue weighted by Crippen LogP contribution is -1.86. The maximum absolute atomic E-state index is 3.09. The highest BCUT2D eigenvalue weighted by Gasteiger charge is 1.89. The average Bonchev–Trinajstić information content (AvgIpc) is 2.05. The van der Waals surface area contributed by atoms with Crippen LogP contribution in [0.1, 0.15) is 0 Å². The molecule has 0 saturated heterocycles. The van der Waals surface area contributed by atoms with Crippen LogP contribution in [0.4, 0.5) is 5.69 Å². The van der Waals surface area contributed by atoms with Gasteiger partial charge < -0.3 is 5.32 Å². The molecule has 0 radical (unpaired) electrons. The van der Waals surface area contributed by atoms with E-state index in [1.807, 2.05) is 7.05 Å². The third-order valence-corrected chi connectivity index (χ3v) is 2.08. The smallest absolute Gasteiger partial charge is 0.0348 e. The van der Waals surface area contributed by atoms with E-state index in [0.717, 1.165) is 0 Å². The first-order chi connectivity index (χ1) is 4.86. The molecule has 0 heterocycles. The molecule has 0 amide bonds. The Morgan fingerprint density at radius 1 is 1.36 bits per heavy atom. The van der Waals surface area contributed by atoms with Crippen LogP contribution in [0.15, 0.2) is 29.2 Å². The van der Waals surface area contributed by atoms with Crippen LogP contribution in [0, 0.1) is 0 Å². The van der Waals surface area contributed by atoms with E-state index in [-0.39, 0.29) is 12.4 Å². The minimum absolute atomic E-state index is 0. The molecule has 0 atom stereocenters. The van der Waals surface area contributed by atoms with Gasteiger partial charge in [0.15, 0.2) is 0 Å². The molecular weight excluding hydrogens is 178 g/mol. The van der Waals surface area contributed by atoms with Crippen molar-refractivity contribution in [3.63, 3.8) is 0 Å². The van der Waals surface area contributed by atoms with Gasteiger partial charge in [0.25, 0.3) is 0 Å². The van der Waals surface area contributed by atoms with Gasteiger partial charge in [0, 0.05) is 17.6 Å². The number of nitrogens with one attached hydrogen (secondary N) is 1. The lowest BCUT2D eigenvalue weighted by Gasteiger charge is -2.00. The lowest BCUT2D eigenvalue weighted by molar-refractivity contribution is 1.42.